The van der Waals surface area contributed by atoms with Crippen LogP contribution in [0.15, 0.2) is 18.2 Å². The molecule has 0 radical (unpaired) electrons. The molecule has 4 amide bonds. The topological polar surface area (TPSA) is 123 Å². The largest absolute Gasteiger partial charge is 0.489 e. The number of carbonyl (C=O) groups is 4. The van der Waals surface area contributed by atoms with Gasteiger partial charge in [-0.1, -0.05) is 0 Å². The second-order valence-corrected chi connectivity index (χ2v) is 13.9. The van der Waals surface area contributed by atoms with Gasteiger partial charge in [0.2, 0.25) is 17.7 Å². The van der Waals surface area contributed by atoms with E-state index in [1.54, 1.807) is 18.2 Å². The molecule has 0 aromatic heterocycles. The molecule has 4 aliphatic heterocycles. The number of carbonyl (C=O) groups excluding carboxylic acids is 4. The molecule has 1 aromatic carbocycles. The summed E-state index contributed by atoms with van der Waals surface area (Å²) in [5, 5.41) is 11.8. The van der Waals surface area contributed by atoms with Gasteiger partial charge in [-0.25, -0.2) is 8.78 Å². The van der Waals surface area contributed by atoms with Crippen molar-refractivity contribution in [1.82, 2.24) is 20.0 Å². The van der Waals surface area contributed by atoms with Crippen LogP contribution in [0.3, 0.4) is 0 Å². The van der Waals surface area contributed by atoms with E-state index in [-0.39, 0.29) is 43.5 Å². The lowest BCUT2D eigenvalue weighted by Crippen LogP contribution is -2.66. The van der Waals surface area contributed by atoms with Crippen molar-refractivity contribution in [2.75, 3.05) is 26.2 Å². The summed E-state index contributed by atoms with van der Waals surface area (Å²) in [7, 11) is 0. The first kappa shape index (κ1) is 30.1. The fourth-order valence-electron chi connectivity index (χ4n) is 8.40. The Labute approximate surface area is 261 Å². The Balaban J connectivity index is 0.971. The SMILES string of the molecule is N#CC1(C(=O)N2CCC(C3CN([C@@H]4[C@H](Oc5ccc6c(c5)CN(C5CCC(=O)NC5=O)C6=O)CCCC4(F)F)C3)CC2)CCC1. The standard InChI is InChI=1S/C33H39F2N5O5/c34-33(35)12-1-3-26(45-23-4-5-24-21(15-23)18-40(30(24)43)25-6-7-27(41)37-29(25)42)28(33)39-16-22(17-39)20-8-13-38(14-9-20)31(44)32(19-36)10-2-11-32/h4-5,15,20,22,25-26,28H,1-3,6-14,16-18H2,(H,37,41,42)/t25?,26-,28-/m1/s1. The van der Waals surface area contributed by atoms with Gasteiger partial charge in [0.05, 0.1) is 6.07 Å². The molecule has 240 valence electrons. The third-order valence-corrected chi connectivity index (χ3v) is 11.2. The molecule has 2 saturated carbocycles. The van der Waals surface area contributed by atoms with Crippen LogP contribution >= 0.6 is 0 Å². The number of alkyl halides is 2. The predicted molar refractivity (Wildman–Crippen MR) is 156 cm³/mol. The highest BCUT2D eigenvalue weighted by molar-refractivity contribution is 6.05. The van der Waals surface area contributed by atoms with Crippen LogP contribution in [-0.4, -0.2) is 88.6 Å². The summed E-state index contributed by atoms with van der Waals surface area (Å²) in [4.78, 5) is 55.1. The van der Waals surface area contributed by atoms with Crippen molar-refractivity contribution in [2.24, 2.45) is 17.3 Å². The zero-order valence-electron chi connectivity index (χ0n) is 25.3. The Hall–Kier alpha value is -3.59. The van der Waals surface area contributed by atoms with E-state index in [1.165, 1.54) is 4.90 Å². The van der Waals surface area contributed by atoms with Crippen LogP contribution in [-0.2, 0) is 20.9 Å². The van der Waals surface area contributed by atoms with Gasteiger partial charge in [0.15, 0.2) is 0 Å². The second-order valence-electron chi connectivity index (χ2n) is 13.9. The van der Waals surface area contributed by atoms with E-state index >= 15 is 8.78 Å². The number of piperidine rings is 2. The van der Waals surface area contributed by atoms with Gasteiger partial charge in [-0.05, 0) is 87.0 Å². The Morgan fingerprint density at radius 3 is 2.42 bits per heavy atom. The molecule has 12 heteroatoms. The van der Waals surface area contributed by atoms with Crippen molar-refractivity contribution in [3.63, 3.8) is 0 Å². The van der Waals surface area contributed by atoms with Gasteiger partial charge >= 0.3 is 0 Å². The summed E-state index contributed by atoms with van der Waals surface area (Å²) in [6, 6.07) is 5.47. The third kappa shape index (κ3) is 5.27. The highest BCUT2D eigenvalue weighted by Gasteiger charge is 2.55. The minimum Gasteiger partial charge on any atom is -0.489 e. The minimum absolute atomic E-state index is 0.0358. The van der Waals surface area contributed by atoms with Gasteiger partial charge in [-0.15, -0.1) is 0 Å². The molecule has 7 rings (SSSR count). The number of imide groups is 1. The maximum atomic E-state index is 15.5. The van der Waals surface area contributed by atoms with Crippen molar-refractivity contribution in [3.05, 3.63) is 29.3 Å². The number of amides is 4. The number of nitrogens with one attached hydrogen (secondary N) is 1. The molecule has 0 spiro atoms. The molecule has 4 heterocycles. The van der Waals surface area contributed by atoms with Gasteiger partial charge in [0, 0.05) is 51.1 Å². The molecule has 2 aliphatic carbocycles. The molecule has 6 aliphatic rings. The smallest absolute Gasteiger partial charge is 0.266 e. The van der Waals surface area contributed by atoms with E-state index in [1.807, 2.05) is 9.80 Å². The number of rotatable bonds is 6. The molecule has 1 unspecified atom stereocenters. The van der Waals surface area contributed by atoms with E-state index in [9.17, 15) is 24.4 Å². The maximum Gasteiger partial charge on any atom is 0.266 e. The Morgan fingerprint density at radius 1 is 1.00 bits per heavy atom. The fourth-order valence-corrected chi connectivity index (χ4v) is 8.40. The van der Waals surface area contributed by atoms with Crippen LogP contribution in [0.25, 0.3) is 0 Å². The lowest BCUT2D eigenvalue weighted by Gasteiger charge is -2.53. The van der Waals surface area contributed by atoms with Crippen molar-refractivity contribution in [2.45, 2.75) is 94.9 Å². The molecular weight excluding hydrogens is 584 g/mol. The monoisotopic (exact) mass is 623 g/mol. The van der Waals surface area contributed by atoms with E-state index in [0.29, 0.717) is 80.6 Å². The molecule has 1 aromatic rings. The van der Waals surface area contributed by atoms with Crippen molar-refractivity contribution in [1.29, 1.82) is 5.26 Å². The second kappa shape index (κ2) is 11.3. The van der Waals surface area contributed by atoms with Crippen molar-refractivity contribution in [3.8, 4) is 11.8 Å². The van der Waals surface area contributed by atoms with Gasteiger partial charge < -0.3 is 14.5 Å². The van der Waals surface area contributed by atoms with E-state index in [4.69, 9.17) is 4.74 Å². The van der Waals surface area contributed by atoms with E-state index in [0.717, 1.165) is 19.3 Å². The maximum absolute atomic E-state index is 15.5. The van der Waals surface area contributed by atoms with Crippen LogP contribution in [0.2, 0.25) is 0 Å². The summed E-state index contributed by atoms with van der Waals surface area (Å²) < 4.78 is 37.2. The highest BCUT2D eigenvalue weighted by Crippen LogP contribution is 2.45. The normalized spacial score (nSPS) is 30.2. The number of benzene rings is 1. The lowest BCUT2D eigenvalue weighted by atomic mass is 9.68. The number of likely N-dealkylation sites (tertiary alicyclic amines) is 2. The number of fused-ring (bicyclic) bond motifs is 1. The zero-order valence-corrected chi connectivity index (χ0v) is 25.3. The first-order chi connectivity index (χ1) is 21.6. The number of halogens is 2. The molecule has 10 nitrogen and oxygen atoms in total. The number of nitrogens with zero attached hydrogens (tertiary/aromatic N) is 4. The predicted octanol–water partition coefficient (Wildman–Crippen LogP) is 3.25. The van der Waals surface area contributed by atoms with Crippen molar-refractivity contribution < 1.29 is 32.7 Å². The minimum atomic E-state index is -2.90. The van der Waals surface area contributed by atoms with Crippen LogP contribution < -0.4 is 10.1 Å². The highest BCUT2D eigenvalue weighted by atomic mass is 19.3. The molecule has 3 saturated heterocycles. The molecule has 5 fully saturated rings. The van der Waals surface area contributed by atoms with E-state index in [2.05, 4.69) is 11.4 Å². The summed E-state index contributed by atoms with van der Waals surface area (Å²) in [6.07, 6.45) is 4.26. The van der Waals surface area contributed by atoms with Crippen LogP contribution in [0.4, 0.5) is 8.78 Å². The summed E-state index contributed by atoms with van der Waals surface area (Å²) in [5.74, 6) is -2.97. The lowest BCUT2D eigenvalue weighted by molar-refractivity contribution is -0.173. The molecular formula is C33H39F2N5O5. The quantitative estimate of drug-likeness (QED) is 0.483. The van der Waals surface area contributed by atoms with Gasteiger partial charge in [-0.2, -0.15) is 5.26 Å². The van der Waals surface area contributed by atoms with Gasteiger partial charge in [0.1, 0.15) is 29.4 Å². The van der Waals surface area contributed by atoms with Gasteiger partial charge in [-0.3, -0.25) is 29.4 Å². The molecule has 3 atom stereocenters. The fraction of sp³-hybridized carbons (Fsp3) is 0.667. The number of hydrogen-bond donors (Lipinski definition) is 1. The summed E-state index contributed by atoms with van der Waals surface area (Å²) in [5.41, 5.74) is 0.294. The Kier molecular flexibility index (Phi) is 7.58. The van der Waals surface area contributed by atoms with Gasteiger partial charge in [0.25, 0.3) is 11.8 Å². The number of nitriles is 1. The zero-order chi connectivity index (χ0) is 31.5. The first-order valence-electron chi connectivity index (χ1n) is 16.4. The Bertz CT molecular complexity index is 1440. The number of ether oxygens (including phenoxy) is 1. The van der Waals surface area contributed by atoms with Crippen LogP contribution in [0, 0.1) is 28.6 Å². The molecule has 1 N–H and O–H groups in total. The molecule has 45 heavy (non-hydrogen) atoms. The van der Waals surface area contributed by atoms with Crippen LogP contribution in [0.1, 0.15) is 80.1 Å². The average Bonchev–Trinajstić information content (AvgIpc) is 3.28. The van der Waals surface area contributed by atoms with Crippen LogP contribution in [0.5, 0.6) is 5.75 Å². The molecule has 0 bridgehead atoms. The average molecular weight is 624 g/mol. The number of hydrogen-bond acceptors (Lipinski definition) is 7. The van der Waals surface area contributed by atoms with Crippen molar-refractivity contribution >= 4 is 23.6 Å². The third-order valence-electron chi connectivity index (χ3n) is 11.2. The van der Waals surface area contributed by atoms with E-state index < -0.39 is 35.4 Å². The summed E-state index contributed by atoms with van der Waals surface area (Å²) >= 11 is 0. The Morgan fingerprint density at radius 2 is 1.76 bits per heavy atom. The first-order valence-corrected chi connectivity index (χ1v) is 16.4. The summed E-state index contributed by atoms with van der Waals surface area (Å²) in [6.45, 7) is 2.58.